The average molecular weight is 277 g/mol. The first-order valence-electron chi connectivity index (χ1n) is 5.72. The lowest BCUT2D eigenvalue weighted by molar-refractivity contribution is 0.102. The monoisotopic (exact) mass is 276 g/mol. The molecule has 1 aromatic carbocycles. The van der Waals surface area contributed by atoms with E-state index in [-0.39, 0.29) is 11.5 Å². The molecule has 5 heteroatoms. The lowest BCUT2D eigenvalue weighted by Gasteiger charge is -2.09. The number of carbonyl (C=O) groups is 1. The van der Waals surface area contributed by atoms with Gasteiger partial charge in [-0.25, -0.2) is 0 Å². The molecule has 1 aromatic heterocycles. The number of benzene rings is 1. The summed E-state index contributed by atoms with van der Waals surface area (Å²) in [4.78, 5) is 23.3. The van der Waals surface area contributed by atoms with Gasteiger partial charge in [0.25, 0.3) is 5.91 Å². The number of nitrogens with zero attached hydrogens (tertiary/aromatic N) is 1. The van der Waals surface area contributed by atoms with Crippen molar-refractivity contribution in [3.63, 3.8) is 0 Å². The molecule has 0 saturated heterocycles. The highest BCUT2D eigenvalue weighted by molar-refractivity contribution is 6.31. The topological polar surface area (TPSA) is 51.1 Å². The molecule has 0 aliphatic rings. The van der Waals surface area contributed by atoms with Gasteiger partial charge in [-0.2, -0.15) is 0 Å². The van der Waals surface area contributed by atoms with E-state index in [1.807, 2.05) is 6.92 Å². The summed E-state index contributed by atoms with van der Waals surface area (Å²) in [5, 5.41) is 3.37. The van der Waals surface area contributed by atoms with Crippen molar-refractivity contribution in [3.05, 3.63) is 63.0 Å². The molecule has 0 atom stereocenters. The third-order valence-electron chi connectivity index (χ3n) is 2.86. The second-order valence-corrected chi connectivity index (χ2v) is 4.64. The largest absolute Gasteiger partial charge is 0.322 e. The van der Waals surface area contributed by atoms with Crippen LogP contribution in [0.4, 0.5) is 5.69 Å². The van der Waals surface area contributed by atoms with Crippen LogP contribution in [0.2, 0.25) is 5.02 Å². The lowest BCUT2D eigenvalue weighted by Crippen LogP contribution is -2.19. The molecule has 1 heterocycles. The van der Waals surface area contributed by atoms with E-state index in [0.717, 1.165) is 5.56 Å². The molecule has 2 aromatic rings. The Morgan fingerprint density at radius 2 is 2.00 bits per heavy atom. The maximum atomic E-state index is 12.1. The number of anilines is 1. The van der Waals surface area contributed by atoms with Gasteiger partial charge in [0.15, 0.2) is 0 Å². The van der Waals surface area contributed by atoms with Crippen LogP contribution >= 0.6 is 11.6 Å². The molecule has 1 N–H and O–H groups in total. The molecule has 0 aliphatic heterocycles. The zero-order valence-corrected chi connectivity index (χ0v) is 11.4. The third-order valence-corrected chi connectivity index (χ3v) is 3.27. The van der Waals surface area contributed by atoms with Crippen LogP contribution in [0.25, 0.3) is 0 Å². The van der Waals surface area contributed by atoms with Crippen LogP contribution in [0.1, 0.15) is 15.9 Å². The van der Waals surface area contributed by atoms with Crippen molar-refractivity contribution in [3.8, 4) is 0 Å². The summed E-state index contributed by atoms with van der Waals surface area (Å²) in [5.41, 5.74) is 1.73. The Morgan fingerprint density at radius 3 is 2.68 bits per heavy atom. The van der Waals surface area contributed by atoms with Crippen molar-refractivity contribution in [2.75, 3.05) is 5.32 Å². The Morgan fingerprint density at radius 1 is 1.26 bits per heavy atom. The van der Waals surface area contributed by atoms with Crippen molar-refractivity contribution in [2.45, 2.75) is 6.92 Å². The summed E-state index contributed by atoms with van der Waals surface area (Å²) < 4.78 is 1.36. The minimum absolute atomic E-state index is 0.157. The van der Waals surface area contributed by atoms with Crippen molar-refractivity contribution < 1.29 is 4.79 Å². The Balaban J connectivity index is 2.28. The lowest BCUT2D eigenvalue weighted by atomic mass is 10.2. The molecule has 0 unspecified atom stereocenters. The molecule has 0 spiro atoms. The molecule has 0 fully saturated rings. The first-order chi connectivity index (χ1) is 8.99. The van der Waals surface area contributed by atoms with Crippen molar-refractivity contribution in [1.29, 1.82) is 0 Å². The van der Waals surface area contributed by atoms with Gasteiger partial charge < -0.3 is 9.88 Å². The highest BCUT2D eigenvalue weighted by Crippen LogP contribution is 2.23. The molecule has 1 amide bonds. The number of pyridine rings is 1. The van der Waals surface area contributed by atoms with E-state index in [1.54, 1.807) is 25.2 Å². The Labute approximate surface area is 115 Å². The Bertz CT molecular complexity index is 692. The first kappa shape index (κ1) is 13.4. The van der Waals surface area contributed by atoms with Crippen molar-refractivity contribution in [1.82, 2.24) is 4.57 Å². The van der Waals surface area contributed by atoms with E-state index in [1.165, 1.54) is 22.9 Å². The van der Waals surface area contributed by atoms with Gasteiger partial charge in [0.1, 0.15) is 0 Å². The van der Waals surface area contributed by atoms with Crippen LogP contribution in [0.5, 0.6) is 0 Å². The van der Waals surface area contributed by atoms with Crippen LogP contribution in [0.3, 0.4) is 0 Å². The standard InChI is InChI=1S/C14H13ClN2O2/c1-9-11(15)4-3-5-12(9)16-14(19)10-6-7-13(18)17(2)8-10/h3-8H,1-2H3,(H,16,19). The van der Waals surface area contributed by atoms with E-state index in [2.05, 4.69) is 5.32 Å². The van der Waals surface area contributed by atoms with E-state index >= 15 is 0 Å². The summed E-state index contributed by atoms with van der Waals surface area (Å²) >= 11 is 5.99. The number of rotatable bonds is 2. The van der Waals surface area contributed by atoms with Crippen LogP contribution < -0.4 is 10.9 Å². The van der Waals surface area contributed by atoms with Gasteiger partial charge in [-0.05, 0) is 30.7 Å². The normalized spacial score (nSPS) is 10.3. The van der Waals surface area contributed by atoms with Gasteiger partial charge >= 0.3 is 0 Å². The van der Waals surface area contributed by atoms with Gasteiger partial charge in [-0.1, -0.05) is 17.7 Å². The molecule has 0 aliphatic carbocycles. The molecule has 4 nitrogen and oxygen atoms in total. The molecular weight excluding hydrogens is 264 g/mol. The number of amides is 1. The predicted molar refractivity (Wildman–Crippen MR) is 75.8 cm³/mol. The van der Waals surface area contributed by atoms with Crippen molar-refractivity contribution in [2.24, 2.45) is 7.05 Å². The molecule has 98 valence electrons. The van der Waals surface area contributed by atoms with Crippen LogP contribution in [0.15, 0.2) is 41.3 Å². The smallest absolute Gasteiger partial charge is 0.257 e. The average Bonchev–Trinajstić information content (AvgIpc) is 2.38. The SMILES string of the molecule is Cc1c(Cl)cccc1NC(=O)c1ccc(=O)n(C)c1. The molecule has 0 radical (unpaired) electrons. The zero-order chi connectivity index (χ0) is 14.0. The van der Waals surface area contributed by atoms with Crippen LogP contribution in [-0.2, 0) is 7.05 Å². The van der Waals surface area contributed by atoms with Gasteiger partial charge in [-0.15, -0.1) is 0 Å². The maximum Gasteiger partial charge on any atom is 0.257 e. The number of halogens is 1. The minimum atomic E-state index is -0.277. The van der Waals surface area contributed by atoms with Gasteiger partial charge in [-0.3, -0.25) is 9.59 Å². The molecule has 19 heavy (non-hydrogen) atoms. The highest BCUT2D eigenvalue weighted by Gasteiger charge is 2.09. The summed E-state index contributed by atoms with van der Waals surface area (Å²) in [6.07, 6.45) is 1.50. The maximum absolute atomic E-state index is 12.1. The quantitative estimate of drug-likeness (QED) is 0.917. The molecular formula is C14H13ClN2O2. The minimum Gasteiger partial charge on any atom is -0.322 e. The number of nitrogens with one attached hydrogen (secondary N) is 1. The summed E-state index contributed by atoms with van der Waals surface area (Å²) in [5.74, 6) is -0.277. The van der Waals surface area contributed by atoms with E-state index in [0.29, 0.717) is 16.3 Å². The van der Waals surface area contributed by atoms with Crippen LogP contribution in [0, 0.1) is 6.92 Å². The second kappa shape index (κ2) is 5.28. The third kappa shape index (κ3) is 2.85. The predicted octanol–water partition coefficient (Wildman–Crippen LogP) is 2.60. The van der Waals surface area contributed by atoms with Crippen LogP contribution in [-0.4, -0.2) is 10.5 Å². The summed E-state index contributed by atoms with van der Waals surface area (Å²) in [7, 11) is 1.60. The molecule has 2 rings (SSSR count). The first-order valence-corrected chi connectivity index (χ1v) is 6.10. The van der Waals surface area contributed by atoms with E-state index < -0.39 is 0 Å². The fourth-order valence-corrected chi connectivity index (χ4v) is 1.84. The Hall–Kier alpha value is -2.07. The summed E-state index contributed by atoms with van der Waals surface area (Å²) in [6.45, 7) is 1.83. The highest BCUT2D eigenvalue weighted by atomic mass is 35.5. The fraction of sp³-hybridized carbons (Fsp3) is 0.143. The van der Waals surface area contributed by atoms with Gasteiger partial charge in [0.2, 0.25) is 5.56 Å². The number of aryl methyl sites for hydroxylation is 1. The van der Waals surface area contributed by atoms with Gasteiger partial charge in [0.05, 0.1) is 5.56 Å². The van der Waals surface area contributed by atoms with Crippen molar-refractivity contribution >= 4 is 23.2 Å². The molecule has 0 bridgehead atoms. The molecule has 0 saturated carbocycles. The zero-order valence-electron chi connectivity index (χ0n) is 10.6. The number of carbonyl (C=O) groups excluding carboxylic acids is 1. The number of hydrogen-bond donors (Lipinski definition) is 1. The number of hydrogen-bond acceptors (Lipinski definition) is 2. The Kier molecular flexibility index (Phi) is 3.71. The van der Waals surface area contributed by atoms with E-state index in [4.69, 9.17) is 11.6 Å². The summed E-state index contributed by atoms with van der Waals surface area (Å²) in [6, 6.07) is 8.17. The van der Waals surface area contributed by atoms with Gasteiger partial charge in [0, 0.05) is 30.0 Å². The fourth-order valence-electron chi connectivity index (χ4n) is 1.67. The second-order valence-electron chi connectivity index (χ2n) is 4.23. The number of aromatic nitrogens is 1. The van der Waals surface area contributed by atoms with E-state index in [9.17, 15) is 9.59 Å².